The highest BCUT2D eigenvalue weighted by Gasteiger charge is 2.12. The lowest BCUT2D eigenvalue weighted by Crippen LogP contribution is -2.00. The minimum Gasteiger partial charge on any atom is -0.481 e. The number of thioether (sulfide) groups is 1. The highest BCUT2D eigenvalue weighted by Crippen LogP contribution is 2.31. The quantitative estimate of drug-likeness (QED) is 0.743. The van der Waals surface area contributed by atoms with Gasteiger partial charge >= 0.3 is 5.97 Å². The lowest BCUT2D eigenvalue weighted by molar-refractivity contribution is -0.133. The van der Waals surface area contributed by atoms with Crippen LogP contribution in [0, 0.1) is 6.92 Å². The molecule has 0 radical (unpaired) electrons. The molecule has 22 heavy (non-hydrogen) atoms. The summed E-state index contributed by atoms with van der Waals surface area (Å²) in [4.78, 5) is 10.8. The zero-order chi connectivity index (χ0) is 15.5. The Bertz CT molecular complexity index is 832. The average molecular weight is 310 g/mol. The molecule has 0 aliphatic rings. The average Bonchev–Trinajstić information content (AvgIpc) is 2.53. The molecule has 1 heterocycles. The van der Waals surface area contributed by atoms with Gasteiger partial charge in [0.25, 0.3) is 0 Å². The van der Waals surface area contributed by atoms with Crippen LogP contribution < -0.4 is 0 Å². The van der Waals surface area contributed by atoms with Gasteiger partial charge in [0.2, 0.25) is 0 Å². The van der Waals surface area contributed by atoms with E-state index in [-0.39, 0.29) is 5.75 Å². The van der Waals surface area contributed by atoms with E-state index in [9.17, 15) is 4.79 Å². The van der Waals surface area contributed by atoms with E-state index in [4.69, 9.17) is 5.11 Å². The molecule has 0 amide bonds. The smallest absolute Gasteiger partial charge is 0.313 e. The summed E-state index contributed by atoms with van der Waals surface area (Å²) < 4.78 is 0. The third-order valence-electron chi connectivity index (χ3n) is 3.31. The van der Waals surface area contributed by atoms with Crippen LogP contribution in [0.5, 0.6) is 0 Å². The van der Waals surface area contributed by atoms with Crippen molar-refractivity contribution in [3.05, 3.63) is 54.1 Å². The molecule has 0 saturated heterocycles. The molecule has 0 spiro atoms. The molecule has 0 aliphatic carbocycles. The first kappa shape index (κ1) is 14.5. The first-order chi connectivity index (χ1) is 10.6. The number of benzene rings is 2. The number of carboxylic acid groups (broad SMARTS) is 1. The molecular weight excluding hydrogens is 296 g/mol. The van der Waals surface area contributed by atoms with Crippen LogP contribution in [0.4, 0.5) is 0 Å². The third-order valence-corrected chi connectivity index (χ3v) is 4.28. The fourth-order valence-corrected chi connectivity index (χ4v) is 2.93. The Morgan fingerprint density at radius 1 is 1.05 bits per heavy atom. The minimum absolute atomic E-state index is 0.0252. The fourth-order valence-electron chi connectivity index (χ4n) is 2.24. The number of hydrogen-bond donors (Lipinski definition) is 1. The van der Waals surface area contributed by atoms with Gasteiger partial charge in [0.05, 0.1) is 5.75 Å². The number of nitrogens with zero attached hydrogens (tertiary/aromatic N) is 2. The number of fused-ring (bicyclic) bond motifs is 1. The van der Waals surface area contributed by atoms with Gasteiger partial charge in [-0.05, 0) is 6.92 Å². The second kappa shape index (κ2) is 6.15. The summed E-state index contributed by atoms with van der Waals surface area (Å²) in [5.41, 5.74) is 3.01. The van der Waals surface area contributed by atoms with Gasteiger partial charge in [0, 0.05) is 16.3 Å². The number of rotatable bonds is 4. The lowest BCUT2D eigenvalue weighted by Gasteiger charge is -2.08. The van der Waals surface area contributed by atoms with Gasteiger partial charge in [-0.3, -0.25) is 4.79 Å². The number of aliphatic carboxylic acids is 1. The molecule has 2 aromatic carbocycles. The molecule has 0 atom stereocenters. The molecule has 1 aromatic heterocycles. The van der Waals surface area contributed by atoms with Crippen LogP contribution in [-0.2, 0) is 4.79 Å². The van der Waals surface area contributed by atoms with Crippen LogP contribution in [0.25, 0.3) is 22.0 Å². The lowest BCUT2D eigenvalue weighted by atomic mass is 10.0. The first-order valence-electron chi connectivity index (χ1n) is 6.82. The van der Waals surface area contributed by atoms with E-state index >= 15 is 0 Å². The van der Waals surface area contributed by atoms with E-state index < -0.39 is 5.97 Å². The van der Waals surface area contributed by atoms with Crippen molar-refractivity contribution < 1.29 is 9.90 Å². The Morgan fingerprint density at radius 3 is 2.41 bits per heavy atom. The van der Waals surface area contributed by atoms with Crippen molar-refractivity contribution in [2.75, 3.05) is 5.75 Å². The molecular formula is C17H14N2O2S. The summed E-state index contributed by atoms with van der Waals surface area (Å²) in [6.45, 7) is 2.04. The summed E-state index contributed by atoms with van der Waals surface area (Å²) in [5.74, 6) is -0.888. The highest BCUT2D eigenvalue weighted by atomic mass is 32.2. The van der Waals surface area contributed by atoms with Gasteiger partial charge in [-0.1, -0.05) is 65.9 Å². The van der Waals surface area contributed by atoms with Crippen molar-refractivity contribution in [3.63, 3.8) is 0 Å². The van der Waals surface area contributed by atoms with Gasteiger partial charge < -0.3 is 5.11 Å². The number of aromatic nitrogens is 2. The molecule has 0 unspecified atom stereocenters. The maximum atomic E-state index is 10.8. The normalized spacial score (nSPS) is 10.8. The van der Waals surface area contributed by atoms with Crippen LogP contribution in [0.1, 0.15) is 5.56 Å². The summed E-state index contributed by atoms with van der Waals surface area (Å²) >= 11 is 1.19. The van der Waals surface area contributed by atoms with Crippen molar-refractivity contribution in [1.29, 1.82) is 0 Å². The molecule has 0 saturated carbocycles. The Balaban J connectivity index is 2.11. The minimum atomic E-state index is -0.863. The topological polar surface area (TPSA) is 63.1 Å². The molecule has 110 valence electrons. The van der Waals surface area contributed by atoms with Gasteiger partial charge in [-0.25, -0.2) is 0 Å². The monoisotopic (exact) mass is 310 g/mol. The van der Waals surface area contributed by atoms with E-state index in [1.807, 2.05) is 55.5 Å². The van der Waals surface area contributed by atoms with Crippen molar-refractivity contribution >= 4 is 28.5 Å². The second-order valence-corrected chi connectivity index (χ2v) is 5.91. The fraction of sp³-hybridized carbons (Fsp3) is 0.118. The Hall–Kier alpha value is -2.40. The molecule has 5 heteroatoms. The molecule has 0 aliphatic heterocycles. The maximum absolute atomic E-state index is 10.8. The Labute approximate surface area is 132 Å². The molecule has 0 bridgehead atoms. The Kier molecular flexibility index (Phi) is 4.06. The third kappa shape index (κ3) is 2.94. The maximum Gasteiger partial charge on any atom is 0.313 e. The zero-order valence-electron chi connectivity index (χ0n) is 12.0. The van der Waals surface area contributed by atoms with Crippen molar-refractivity contribution in [2.45, 2.75) is 11.9 Å². The largest absolute Gasteiger partial charge is 0.481 e. The van der Waals surface area contributed by atoms with Crippen LogP contribution in [0.3, 0.4) is 0 Å². The number of carbonyl (C=O) groups is 1. The number of aryl methyl sites for hydroxylation is 1. The molecule has 1 N–H and O–H groups in total. The van der Waals surface area contributed by atoms with Gasteiger partial charge in [0.15, 0.2) is 0 Å². The van der Waals surface area contributed by atoms with Crippen molar-refractivity contribution in [3.8, 4) is 11.3 Å². The summed E-state index contributed by atoms with van der Waals surface area (Å²) in [5, 5.41) is 19.9. The Morgan fingerprint density at radius 2 is 1.73 bits per heavy atom. The highest BCUT2D eigenvalue weighted by molar-refractivity contribution is 8.00. The van der Waals surface area contributed by atoms with Gasteiger partial charge in [-0.15, -0.1) is 10.2 Å². The van der Waals surface area contributed by atoms with Crippen LogP contribution in [0.15, 0.2) is 53.6 Å². The summed E-state index contributed by atoms with van der Waals surface area (Å²) in [6, 6.07) is 15.9. The van der Waals surface area contributed by atoms with E-state index in [0.29, 0.717) is 5.03 Å². The van der Waals surface area contributed by atoms with Crippen molar-refractivity contribution in [2.24, 2.45) is 0 Å². The van der Waals surface area contributed by atoms with Crippen molar-refractivity contribution in [1.82, 2.24) is 10.2 Å². The standard InChI is InChI=1S/C17H14N2O2S/c1-11-6-8-12(9-7-11)16-13-4-2-3-5-14(13)17(19-18-16)22-10-15(20)21/h2-9H,10H2,1H3,(H,20,21). The summed E-state index contributed by atoms with van der Waals surface area (Å²) in [6.07, 6.45) is 0. The van der Waals surface area contributed by atoms with E-state index in [1.54, 1.807) is 0 Å². The van der Waals surface area contributed by atoms with Gasteiger partial charge in [-0.2, -0.15) is 0 Å². The summed E-state index contributed by atoms with van der Waals surface area (Å²) in [7, 11) is 0. The predicted molar refractivity (Wildman–Crippen MR) is 88.1 cm³/mol. The first-order valence-corrected chi connectivity index (χ1v) is 7.81. The SMILES string of the molecule is Cc1ccc(-c2nnc(SCC(=O)O)c3ccccc23)cc1. The second-order valence-electron chi connectivity index (χ2n) is 4.95. The number of hydrogen-bond acceptors (Lipinski definition) is 4. The molecule has 3 rings (SSSR count). The molecule has 3 aromatic rings. The van der Waals surface area contributed by atoms with E-state index in [1.165, 1.54) is 17.3 Å². The van der Waals surface area contributed by atoms with Crippen LogP contribution in [0.2, 0.25) is 0 Å². The molecule has 4 nitrogen and oxygen atoms in total. The predicted octanol–water partition coefficient (Wildman–Crippen LogP) is 3.78. The molecule has 0 fully saturated rings. The number of carboxylic acids is 1. The zero-order valence-corrected chi connectivity index (χ0v) is 12.8. The van der Waals surface area contributed by atoms with E-state index in [0.717, 1.165) is 22.0 Å². The van der Waals surface area contributed by atoms with Crippen LogP contribution in [-0.4, -0.2) is 27.0 Å². The van der Waals surface area contributed by atoms with Gasteiger partial charge in [0.1, 0.15) is 10.7 Å². The van der Waals surface area contributed by atoms with Crippen LogP contribution >= 0.6 is 11.8 Å². The van der Waals surface area contributed by atoms with E-state index in [2.05, 4.69) is 10.2 Å².